The van der Waals surface area contributed by atoms with Crippen LogP contribution >= 0.6 is 11.3 Å². The van der Waals surface area contributed by atoms with Gasteiger partial charge in [0.25, 0.3) is 5.91 Å². The zero-order valence-electron chi connectivity index (χ0n) is 19.6. The van der Waals surface area contributed by atoms with E-state index < -0.39 is 0 Å². The van der Waals surface area contributed by atoms with Gasteiger partial charge in [-0.1, -0.05) is 45.0 Å². The zero-order chi connectivity index (χ0) is 23.4. The van der Waals surface area contributed by atoms with E-state index in [1.165, 1.54) is 17.4 Å². The fraction of sp³-hybridized carbons (Fsp3) is 0.423. The Morgan fingerprint density at radius 2 is 1.85 bits per heavy atom. The van der Waals surface area contributed by atoms with Gasteiger partial charge in [-0.25, -0.2) is 14.4 Å². The van der Waals surface area contributed by atoms with Crippen LogP contribution in [0.15, 0.2) is 41.8 Å². The van der Waals surface area contributed by atoms with E-state index in [0.29, 0.717) is 38.2 Å². The molecule has 33 heavy (non-hydrogen) atoms. The number of aromatic nitrogens is 2. The zero-order valence-corrected chi connectivity index (χ0v) is 20.4. The van der Waals surface area contributed by atoms with Gasteiger partial charge in [0.2, 0.25) is 0 Å². The molecule has 0 spiro atoms. The number of benzene rings is 1. The molecule has 5 nitrogen and oxygen atoms in total. The Morgan fingerprint density at radius 3 is 2.48 bits per heavy atom. The normalized spacial score (nSPS) is 15.0. The molecule has 1 aliphatic rings. The van der Waals surface area contributed by atoms with Crippen LogP contribution in [-0.4, -0.2) is 47.0 Å². The summed E-state index contributed by atoms with van der Waals surface area (Å²) in [6.07, 6.45) is 2.18. The van der Waals surface area contributed by atoms with Crippen LogP contribution in [0.2, 0.25) is 0 Å². The SMILES string of the molecule is CCc1nc([C@@H](C)CC)nc(N2CCN(C(=O)c3cccs3)CC2)c1Cc1ccccc1F. The van der Waals surface area contributed by atoms with E-state index in [0.717, 1.165) is 40.6 Å². The molecule has 2 aromatic heterocycles. The molecule has 174 valence electrons. The average molecular weight is 467 g/mol. The third-order valence-corrected chi connectivity index (χ3v) is 7.26. The van der Waals surface area contributed by atoms with Crippen LogP contribution in [0.25, 0.3) is 0 Å². The third kappa shape index (κ3) is 5.08. The molecule has 1 fully saturated rings. The van der Waals surface area contributed by atoms with E-state index in [4.69, 9.17) is 9.97 Å². The van der Waals surface area contributed by atoms with Gasteiger partial charge in [0.1, 0.15) is 17.5 Å². The minimum atomic E-state index is -0.206. The molecule has 0 unspecified atom stereocenters. The van der Waals surface area contributed by atoms with Crippen molar-refractivity contribution in [1.82, 2.24) is 14.9 Å². The molecule has 0 radical (unpaired) electrons. The van der Waals surface area contributed by atoms with E-state index >= 15 is 0 Å². The van der Waals surface area contributed by atoms with Crippen LogP contribution in [-0.2, 0) is 12.8 Å². The molecule has 1 aromatic carbocycles. The standard InChI is InChI=1S/C26H31FN4OS/c1-4-18(3)24-28-22(5-2)20(17-19-9-6-7-10-21(19)27)25(29-24)30-12-14-31(15-13-30)26(32)23-11-8-16-33-23/h6-11,16,18H,4-5,12-15,17H2,1-3H3/t18-/m0/s1. The van der Waals surface area contributed by atoms with E-state index in [9.17, 15) is 9.18 Å². The molecule has 0 N–H and O–H groups in total. The molecule has 1 atom stereocenters. The highest BCUT2D eigenvalue weighted by molar-refractivity contribution is 7.12. The van der Waals surface area contributed by atoms with Gasteiger partial charge in [0, 0.05) is 49.8 Å². The molecule has 1 saturated heterocycles. The number of piperazine rings is 1. The number of hydrogen-bond acceptors (Lipinski definition) is 5. The van der Waals surface area contributed by atoms with Crippen molar-refractivity contribution >= 4 is 23.1 Å². The lowest BCUT2D eigenvalue weighted by atomic mass is 10.00. The second kappa shape index (κ2) is 10.4. The van der Waals surface area contributed by atoms with E-state index in [-0.39, 0.29) is 17.6 Å². The monoisotopic (exact) mass is 466 g/mol. The maximum absolute atomic E-state index is 14.5. The molecule has 3 aromatic rings. The van der Waals surface area contributed by atoms with Crippen LogP contribution in [0.4, 0.5) is 10.2 Å². The molecule has 0 saturated carbocycles. The van der Waals surface area contributed by atoms with E-state index in [2.05, 4.69) is 25.7 Å². The number of thiophene rings is 1. The predicted molar refractivity (Wildman–Crippen MR) is 132 cm³/mol. The summed E-state index contributed by atoms with van der Waals surface area (Å²) >= 11 is 1.48. The summed E-state index contributed by atoms with van der Waals surface area (Å²) in [6.45, 7) is 9.05. The Kier molecular flexibility index (Phi) is 7.38. The minimum Gasteiger partial charge on any atom is -0.353 e. The summed E-state index contributed by atoms with van der Waals surface area (Å²) in [5.41, 5.74) is 2.63. The second-order valence-corrected chi connectivity index (χ2v) is 9.47. The maximum atomic E-state index is 14.5. The number of carbonyl (C=O) groups is 1. The summed E-state index contributed by atoms with van der Waals surface area (Å²) in [5.74, 6) is 1.87. The van der Waals surface area contributed by atoms with E-state index in [1.807, 2.05) is 34.5 Å². The Labute approximate surface area is 199 Å². The van der Waals surface area contributed by atoms with Crippen molar-refractivity contribution in [2.45, 2.75) is 46.0 Å². The van der Waals surface area contributed by atoms with Crippen molar-refractivity contribution in [3.63, 3.8) is 0 Å². The van der Waals surface area contributed by atoms with Crippen LogP contribution in [0.5, 0.6) is 0 Å². The molecule has 7 heteroatoms. The van der Waals surface area contributed by atoms with Gasteiger partial charge >= 0.3 is 0 Å². The largest absolute Gasteiger partial charge is 0.353 e. The molecular weight excluding hydrogens is 435 g/mol. The summed E-state index contributed by atoms with van der Waals surface area (Å²) in [7, 11) is 0. The highest BCUT2D eigenvalue weighted by Gasteiger charge is 2.27. The van der Waals surface area contributed by atoms with Crippen molar-refractivity contribution in [1.29, 1.82) is 0 Å². The lowest BCUT2D eigenvalue weighted by molar-refractivity contribution is 0.0751. The molecule has 4 rings (SSSR count). The fourth-order valence-corrected chi connectivity index (χ4v) is 4.87. The van der Waals surface area contributed by atoms with Crippen molar-refractivity contribution in [3.05, 3.63) is 75.1 Å². The Hall–Kier alpha value is -2.80. The van der Waals surface area contributed by atoms with Crippen molar-refractivity contribution in [2.75, 3.05) is 31.1 Å². The van der Waals surface area contributed by atoms with Crippen molar-refractivity contribution < 1.29 is 9.18 Å². The van der Waals surface area contributed by atoms with Crippen LogP contribution in [0, 0.1) is 5.82 Å². The number of halogens is 1. The first-order valence-electron chi connectivity index (χ1n) is 11.7. The number of hydrogen-bond donors (Lipinski definition) is 0. The van der Waals surface area contributed by atoms with Crippen LogP contribution in [0.3, 0.4) is 0 Å². The Bertz CT molecular complexity index is 1090. The molecular formula is C26H31FN4OS. The number of anilines is 1. The highest BCUT2D eigenvalue weighted by Crippen LogP contribution is 2.29. The quantitative estimate of drug-likeness (QED) is 0.474. The van der Waals surface area contributed by atoms with Crippen LogP contribution < -0.4 is 4.90 Å². The van der Waals surface area contributed by atoms with Crippen molar-refractivity contribution in [2.24, 2.45) is 0 Å². The number of aryl methyl sites for hydroxylation is 1. The summed E-state index contributed by atoms with van der Waals surface area (Å²) in [6, 6.07) is 10.7. The summed E-state index contributed by atoms with van der Waals surface area (Å²) < 4.78 is 14.5. The summed E-state index contributed by atoms with van der Waals surface area (Å²) in [5, 5.41) is 1.93. The first-order valence-corrected chi connectivity index (χ1v) is 12.6. The number of nitrogens with zero attached hydrogens (tertiary/aromatic N) is 4. The molecule has 1 aliphatic heterocycles. The lowest BCUT2D eigenvalue weighted by Gasteiger charge is -2.36. The molecule has 0 bridgehead atoms. The lowest BCUT2D eigenvalue weighted by Crippen LogP contribution is -2.49. The molecule has 1 amide bonds. The summed E-state index contributed by atoms with van der Waals surface area (Å²) in [4.78, 5) is 27.6. The van der Waals surface area contributed by atoms with Gasteiger partial charge in [-0.3, -0.25) is 4.79 Å². The smallest absolute Gasteiger partial charge is 0.264 e. The molecule has 3 heterocycles. The van der Waals surface area contributed by atoms with Crippen LogP contribution in [0.1, 0.15) is 65.4 Å². The van der Waals surface area contributed by atoms with Gasteiger partial charge in [-0.05, 0) is 35.9 Å². The fourth-order valence-electron chi connectivity index (χ4n) is 4.18. The van der Waals surface area contributed by atoms with E-state index in [1.54, 1.807) is 6.07 Å². The van der Waals surface area contributed by atoms with Gasteiger partial charge < -0.3 is 9.80 Å². The first-order chi connectivity index (χ1) is 16.0. The minimum absolute atomic E-state index is 0.0912. The number of amides is 1. The maximum Gasteiger partial charge on any atom is 0.264 e. The topological polar surface area (TPSA) is 49.3 Å². The molecule has 0 aliphatic carbocycles. The van der Waals surface area contributed by atoms with Gasteiger partial charge in [-0.15, -0.1) is 11.3 Å². The van der Waals surface area contributed by atoms with Gasteiger partial charge in [0.05, 0.1) is 4.88 Å². The highest BCUT2D eigenvalue weighted by atomic mass is 32.1. The Balaban J connectivity index is 1.65. The average Bonchev–Trinajstić information content (AvgIpc) is 3.39. The van der Waals surface area contributed by atoms with Gasteiger partial charge in [-0.2, -0.15) is 0 Å². The number of carbonyl (C=O) groups excluding carboxylic acids is 1. The van der Waals surface area contributed by atoms with Crippen molar-refractivity contribution in [3.8, 4) is 0 Å². The van der Waals surface area contributed by atoms with Gasteiger partial charge in [0.15, 0.2) is 0 Å². The number of rotatable bonds is 7. The first kappa shape index (κ1) is 23.4. The Morgan fingerprint density at radius 1 is 1.09 bits per heavy atom. The predicted octanol–water partition coefficient (Wildman–Crippen LogP) is 5.31. The second-order valence-electron chi connectivity index (χ2n) is 8.52. The third-order valence-electron chi connectivity index (χ3n) is 6.40.